The summed E-state index contributed by atoms with van der Waals surface area (Å²) in [6, 6.07) is 7.91. The number of nitrogens with one attached hydrogen (secondary N) is 2. The summed E-state index contributed by atoms with van der Waals surface area (Å²) in [4.78, 5) is 12.6. The van der Waals surface area contributed by atoms with Gasteiger partial charge in [0.25, 0.3) is 0 Å². The molecule has 2 aromatic rings. The molecule has 0 saturated carbocycles. The van der Waals surface area contributed by atoms with Crippen LogP contribution in [0.1, 0.15) is 15.2 Å². The number of ether oxygens (including phenoxy) is 1. The zero-order chi connectivity index (χ0) is 15.4. The second-order valence-electron chi connectivity index (χ2n) is 4.15. The van der Waals surface area contributed by atoms with Gasteiger partial charge in [-0.25, -0.2) is 9.18 Å². The predicted molar refractivity (Wildman–Crippen MR) is 86.6 cm³/mol. The minimum atomic E-state index is -0.449. The highest BCUT2D eigenvalue weighted by molar-refractivity contribution is 7.80. The number of hydrogen-bond donors (Lipinski definition) is 2. The first kappa shape index (κ1) is 15.4. The Bertz CT molecular complexity index is 685. The molecule has 0 radical (unpaired) electrons. The molecule has 1 aromatic heterocycles. The fraction of sp³-hybridized carbons (Fsp3) is 0.143. The molecule has 1 heterocycles. The number of carbonyl (C=O) groups excluding carboxylic acids is 1. The van der Waals surface area contributed by atoms with Crippen molar-refractivity contribution in [1.82, 2.24) is 0 Å². The number of rotatable bonds is 3. The van der Waals surface area contributed by atoms with E-state index in [9.17, 15) is 9.18 Å². The Morgan fingerprint density at radius 1 is 1.33 bits per heavy atom. The molecule has 0 aliphatic heterocycles. The number of thiophene rings is 1. The van der Waals surface area contributed by atoms with Crippen LogP contribution in [0.2, 0.25) is 0 Å². The smallest absolute Gasteiger partial charge is 0.340 e. The van der Waals surface area contributed by atoms with Crippen molar-refractivity contribution in [2.45, 2.75) is 6.92 Å². The average molecular weight is 324 g/mol. The fourth-order valence-electron chi connectivity index (χ4n) is 1.69. The summed E-state index contributed by atoms with van der Waals surface area (Å²) in [7, 11) is 1.31. The highest BCUT2D eigenvalue weighted by atomic mass is 32.1. The molecule has 110 valence electrons. The van der Waals surface area contributed by atoms with E-state index >= 15 is 0 Å². The summed E-state index contributed by atoms with van der Waals surface area (Å²) < 4.78 is 18.2. The minimum Gasteiger partial charge on any atom is -0.465 e. The SMILES string of the molecule is COC(=O)c1cc(C)sc1NC(=S)Nc1ccccc1F. The largest absolute Gasteiger partial charge is 0.465 e. The van der Waals surface area contributed by atoms with E-state index in [2.05, 4.69) is 10.6 Å². The van der Waals surface area contributed by atoms with Gasteiger partial charge in [-0.1, -0.05) is 12.1 Å². The molecule has 2 rings (SSSR count). The molecule has 1 aromatic carbocycles. The molecule has 0 aliphatic rings. The Kier molecular flexibility index (Phi) is 4.87. The lowest BCUT2D eigenvalue weighted by Gasteiger charge is -2.10. The average Bonchev–Trinajstić information content (AvgIpc) is 2.81. The Morgan fingerprint density at radius 2 is 2.05 bits per heavy atom. The highest BCUT2D eigenvalue weighted by Crippen LogP contribution is 2.28. The Labute approximate surface area is 130 Å². The van der Waals surface area contributed by atoms with Crippen molar-refractivity contribution in [3.05, 3.63) is 46.6 Å². The van der Waals surface area contributed by atoms with Crippen molar-refractivity contribution >= 4 is 45.3 Å². The molecule has 0 spiro atoms. The monoisotopic (exact) mass is 324 g/mol. The summed E-state index contributed by atoms with van der Waals surface area (Å²) in [5.41, 5.74) is 0.667. The van der Waals surface area contributed by atoms with Gasteiger partial charge in [0.1, 0.15) is 10.8 Å². The van der Waals surface area contributed by atoms with Gasteiger partial charge in [-0.15, -0.1) is 11.3 Å². The van der Waals surface area contributed by atoms with Crippen LogP contribution in [0.3, 0.4) is 0 Å². The van der Waals surface area contributed by atoms with Crippen molar-refractivity contribution in [3.8, 4) is 0 Å². The third-order valence-corrected chi connectivity index (χ3v) is 3.78. The number of benzene rings is 1. The lowest BCUT2D eigenvalue weighted by Crippen LogP contribution is -2.20. The van der Waals surface area contributed by atoms with Crippen LogP contribution < -0.4 is 10.6 Å². The van der Waals surface area contributed by atoms with Crippen molar-refractivity contribution in [2.24, 2.45) is 0 Å². The molecule has 0 aliphatic carbocycles. The number of hydrogen-bond acceptors (Lipinski definition) is 4. The second kappa shape index (κ2) is 6.64. The standard InChI is InChI=1S/C14H13FN2O2S2/c1-8-7-9(13(18)19-2)12(21-8)17-14(20)16-11-6-4-3-5-10(11)15/h3-7H,1-2H3,(H2,16,17,20). The molecule has 21 heavy (non-hydrogen) atoms. The molecule has 0 atom stereocenters. The van der Waals surface area contributed by atoms with Crippen molar-refractivity contribution in [2.75, 3.05) is 17.7 Å². The maximum atomic E-state index is 13.5. The lowest BCUT2D eigenvalue weighted by molar-refractivity contribution is 0.0602. The maximum absolute atomic E-state index is 13.5. The quantitative estimate of drug-likeness (QED) is 0.664. The molecule has 0 bridgehead atoms. The van der Waals surface area contributed by atoms with E-state index in [0.717, 1.165) is 4.88 Å². The highest BCUT2D eigenvalue weighted by Gasteiger charge is 2.16. The van der Waals surface area contributed by atoms with Gasteiger partial charge < -0.3 is 15.4 Å². The van der Waals surface area contributed by atoms with E-state index in [-0.39, 0.29) is 10.8 Å². The Hall–Kier alpha value is -1.99. The van der Waals surface area contributed by atoms with Crippen LogP contribution in [-0.4, -0.2) is 18.2 Å². The van der Waals surface area contributed by atoms with Gasteiger partial charge >= 0.3 is 5.97 Å². The first-order valence-electron chi connectivity index (χ1n) is 6.02. The van der Waals surface area contributed by atoms with Gasteiger partial charge in [0, 0.05) is 4.88 Å². The van der Waals surface area contributed by atoms with Crippen molar-refractivity contribution in [3.63, 3.8) is 0 Å². The van der Waals surface area contributed by atoms with Crippen LogP contribution in [0.15, 0.2) is 30.3 Å². The van der Waals surface area contributed by atoms with Crippen LogP contribution >= 0.6 is 23.6 Å². The van der Waals surface area contributed by atoms with Gasteiger partial charge in [-0.3, -0.25) is 0 Å². The number of aryl methyl sites for hydroxylation is 1. The molecule has 0 fully saturated rings. The van der Waals surface area contributed by atoms with E-state index in [1.54, 1.807) is 24.3 Å². The minimum absolute atomic E-state index is 0.201. The van der Waals surface area contributed by atoms with E-state index in [1.807, 2.05) is 6.92 Å². The number of anilines is 2. The van der Waals surface area contributed by atoms with E-state index in [0.29, 0.717) is 10.6 Å². The molecule has 2 N–H and O–H groups in total. The summed E-state index contributed by atoms with van der Waals surface area (Å²) in [6.07, 6.45) is 0. The van der Waals surface area contributed by atoms with Gasteiger partial charge in [-0.05, 0) is 37.3 Å². The summed E-state index contributed by atoms with van der Waals surface area (Å²) in [5, 5.41) is 6.41. The molecular weight excluding hydrogens is 311 g/mol. The molecule has 0 unspecified atom stereocenters. The lowest BCUT2D eigenvalue weighted by atomic mass is 10.3. The first-order chi connectivity index (χ1) is 10.0. The fourth-order valence-corrected chi connectivity index (χ4v) is 2.87. The van der Waals surface area contributed by atoms with Gasteiger partial charge in [0.2, 0.25) is 0 Å². The summed E-state index contributed by atoms with van der Waals surface area (Å²) in [6.45, 7) is 1.87. The van der Waals surface area contributed by atoms with E-state index in [4.69, 9.17) is 17.0 Å². The van der Waals surface area contributed by atoms with E-state index in [1.165, 1.54) is 24.5 Å². The summed E-state index contributed by atoms with van der Waals surface area (Å²) >= 11 is 6.50. The van der Waals surface area contributed by atoms with Crippen LogP contribution in [0, 0.1) is 12.7 Å². The van der Waals surface area contributed by atoms with Crippen LogP contribution in [0.25, 0.3) is 0 Å². The van der Waals surface area contributed by atoms with Gasteiger partial charge in [0.05, 0.1) is 18.4 Å². The van der Waals surface area contributed by atoms with Crippen LogP contribution in [0.5, 0.6) is 0 Å². The molecule has 4 nitrogen and oxygen atoms in total. The van der Waals surface area contributed by atoms with Gasteiger partial charge in [0.15, 0.2) is 5.11 Å². The van der Waals surface area contributed by atoms with Gasteiger partial charge in [-0.2, -0.15) is 0 Å². The third kappa shape index (κ3) is 3.77. The predicted octanol–water partition coefficient (Wildman–Crippen LogP) is 3.79. The third-order valence-electron chi connectivity index (χ3n) is 2.61. The summed E-state index contributed by atoms with van der Waals surface area (Å²) in [5.74, 6) is -0.854. The molecular formula is C14H13FN2O2S2. The number of carbonyl (C=O) groups is 1. The first-order valence-corrected chi connectivity index (χ1v) is 7.25. The Morgan fingerprint density at radius 3 is 2.71 bits per heavy atom. The van der Waals surface area contributed by atoms with Crippen LogP contribution in [-0.2, 0) is 4.74 Å². The van der Waals surface area contributed by atoms with Crippen molar-refractivity contribution < 1.29 is 13.9 Å². The van der Waals surface area contributed by atoms with Crippen LogP contribution in [0.4, 0.5) is 15.1 Å². The topological polar surface area (TPSA) is 50.4 Å². The maximum Gasteiger partial charge on any atom is 0.340 e. The number of halogens is 1. The molecule has 0 saturated heterocycles. The Balaban J connectivity index is 2.13. The number of thiocarbonyl (C=S) groups is 1. The van der Waals surface area contributed by atoms with E-state index < -0.39 is 11.8 Å². The second-order valence-corrected chi connectivity index (χ2v) is 5.81. The molecule has 7 heteroatoms. The number of methoxy groups -OCH3 is 1. The molecule has 0 amide bonds. The zero-order valence-corrected chi connectivity index (χ0v) is 13.0. The zero-order valence-electron chi connectivity index (χ0n) is 11.4. The normalized spacial score (nSPS) is 10.0. The van der Waals surface area contributed by atoms with Crippen molar-refractivity contribution in [1.29, 1.82) is 0 Å². The number of para-hydroxylation sites is 1. The number of esters is 1.